The fourth-order valence-electron chi connectivity index (χ4n) is 2.47. The molecule has 1 aliphatic heterocycles. The second kappa shape index (κ2) is 3.95. The van der Waals surface area contributed by atoms with Gasteiger partial charge >= 0.3 is 0 Å². The van der Waals surface area contributed by atoms with Gasteiger partial charge in [0.2, 0.25) is 0 Å². The minimum atomic E-state index is 0.833. The first-order valence-electron chi connectivity index (χ1n) is 5.35. The topological polar surface area (TPSA) is 24.4 Å². The van der Waals surface area contributed by atoms with Crippen LogP contribution in [0.4, 0.5) is 0 Å². The predicted octanol–water partition coefficient (Wildman–Crippen LogP) is 2.47. The van der Waals surface area contributed by atoms with Crippen molar-refractivity contribution in [2.45, 2.75) is 38.5 Å². The van der Waals surface area contributed by atoms with Crippen LogP contribution < -0.4 is 5.32 Å². The maximum Gasteiger partial charge on any atom is 0.124 e. The molecule has 0 radical (unpaired) electrons. The van der Waals surface area contributed by atoms with Crippen LogP contribution in [0.15, 0.2) is 16.4 Å². The molecule has 0 aromatic carbocycles. The zero-order valence-corrected chi connectivity index (χ0v) is 8.34. The van der Waals surface area contributed by atoms with Crippen LogP contribution in [-0.4, -0.2) is 13.3 Å². The van der Waals surface area contributed by atoms with Crippen molar-refractivity contribution in [2.75, 3.05) is 7.05 Å². The number of aliphatic imine (C=N–C) groups is 1. The van der Waals surface area contributed by atoms with E-state index in [4.69, 9.17) is 0 Å². The summed E-state index contributed by atoms with van der Waals surface area (Å²) in [5, 5.41) is 3.21. The third-order valence-corrected chi connectivity index (χ3v) is 3.15. The van der Waals surface area contributed by atoms with Gasteiger partial charge in [-0.15, -0.1) is 0 Å². The quantitative estimate of drug-likeness (QED) is 0.690. The Morgan fingerprint density at radius 3 is 2.85 bits per heavy atom. The zero-order valence-electron chi connectivity index (χ0n) is 8.34. The van der Waals surface area contributed by atoms with E-state index in [2.05, 4.69) is 10.3 Å². The molecule has 2 nitrogen and oxygen atoms in total. The van der Waals surface area contributed by atoms with E-state index in [9.17, 15) is 0 Å². The van der Waals surface area contributed by atoms with Crippen LogP contribution in [0.3, 0.4) is 0 Å². The van der Waals surface area contributed by atoms with E-state index < -0.39 is 0 Å². The first-order chi connectivity index (χ1) is 6.42. The minimum Gasteiger partial charge on any atom is -0.373 e. The molecule has 0 spiro atoms. The van der Waals surface area contributed by atoms with E-state index in [0.717, 1.165) is 18.2 Å². The van der Waals surface area contributed by atoms with Crippen LogP contribution >= 0.6 is 0 Å². The molecule has 1 fully saturated rings. The van der Waals surface area contributed by atoms with Gasteiger partial charge in [0.25, 0.3) is 0 Å². The zero-order chi connectivity index (χ0) is 9.10. The highest BCUT2D eigenvalue weighted by atomic mass is 15.0. The van der Waals surface area contributed by atoms with Crippen molar-refractivity contribution in [1.82, 2.24) is 5.32 Å². The Kier molecular flexibility index (Phi) is 2.67. The molecule has 13 heavy (non-hydrogen) atoms. The highest BCUT2D eigenvalue weighted by Crippen LogP contribution is 2.35. The molecule has 1 heterocycles. The van der Waals surface area contributed by atoms with Crippen molar-refractivity contribution in [2.24, 2.45) is 10.9 Å². The Labute approximate surface area is 80.1 Å². The summed E-state index contributed by atoms with van der Waals surface area (Å²) in [7, 11) is 1.98. The van der Waals surface area contributed by atoms with E-state index in [1.807, 2.05) is 13.3 Å². The summed E-state index contributed by atoms with van der Waals surface area (Å²) in [4.78, 5) is 4.42. The summed E-state index contributed by atoms with van der Waals surface area (Å²) >= 11 is 0. The minimum absolute atomic E-state index is 0.833. The molecule has 1 saturated carbocycles. The van der Waals surface area contributed by atoms with E-state index >= 15 is 0 Å². The van der Waals surface area contributed by atoms with Crippen molar-refractivity contribution >= 4 is 6.21 Å². The van der Waals surface area contributed by atoms with E-state index in [1.165, 1.54) is 32.1 Å². The Bertz CT molecular complexity index is 234. The molecule has 1 N–H and O–H groups in total. The van der Waals surface area contributed by atoms with Gasteiger partial charge in [0, 0.05) is 13.3 Å². The number of hydrogen-bond donors (Lipinski definition) is 1. The van der Waals surface area contributed by atoms with Crippen molar-refractivity contribution in [3.8, 4) is 0 Å². The van der Waals surface area contributed by atoms with Crippen LogP contribution in [0.1, 0.15) is 38.5 Å². The summed E-state index contributed by atoms with van der Waals surface area (Å²) in [5.41, 5.74) is 1.59. The molecule has 0 atom stereocenters. The van der Waals surface area contributed by atoms with Gasteiger partial charge in [-0.25, -0.2) is 4.99 Å². The lowest BCUT2D eigenvalue weighted by Gasteiger charge is -2.19. The summed E-state index contributed by atoms with van der Waals surface area (Å²) in [6, 6.07) is 0. The normalized spacial score (nSPS) is 24.1. The summed E-state index contributed by atoms with van der Waals surface area (Å²) in [6.45, 7) is 0. The lowest BCUT2D eigenvalue weighted by molar-refractivity contribution is 0.593. The molecular formula is C11H18N2. The molecule has 2 heteroatoms. The van der Waals surface area contributed by atoms with Gasteiger partial charge in [-0.3, -0.25) is 0 Å². The first kappa shape index (κ1) is 8.79. The SMILES string of the molecule is CNC1=C(C2CCCC2)CCC=N1. The fourth-order valence-corrected chi connectivity index (χ4v) is 2.47. The van der Waals surface area contributed by atoms with Gasteiger partial charge in [0.05, 0.1) is 0 Å². The summed E-state index contributed by atoms with van der Waals surface area (Å²) in [6.07, 6.45) is 9.99. The average molecular weight is 178 g/mol. The van der Waals surface area contributed by atoms with Gasteiger partial charge in [-0.2, -0.15) is 0 Å². The summed E-state index contributed by atoms with van der Waals surface area (Å²) in [5.74, 6) is 1.98. The van der Waals surface area contributed by atoms with E-state index in [1.54, 1.807) is 5.57 Å². The van der Waals surface area contributed by atoms with Crippen molar-refractivity contribution < 1.29 is 0 Å². The Morgan fingerprint density at radius 2 is 2.15 bits per heavy atom. The van der Waals surface area contributed by atoms with Gasteiger partial charge in [-0.1, -0.05) is 12.8 Å². The molecule has 72 valence electrons. The highest BCUT2D eigenvalue weighted by Gasteiger charge is 2.22. The summed E-state index contributed by atoms with van der Waals surface area (Å²) < 4.78 is 0. The van der Waals surface area contributed by atoms with Crippen LogP contribution in [-0.2, 0) is 0 Å². The van der Waals surface area contributed by atoms with E-state index in [0.29, 0.717) is 0 Å². The lowest BCUT2D eigenvalue weighted by atomic mass is 9.92. The molecule has 2 rings (SSSR count). The highest BCUT2D eigenvalue weighted by molar-refractivity contribution is 5.61. The largest absolute Gasteiger partial charge is 0.373 e. The average Bonchev–Trinajstić information content (AvgIpc) is 2.70. The molecule has 0 bridgehead atoms. The van der Waals surface area contributed by atoms with Crippen LogP contribution in [0.25, 0.3) is 0 Å². The van der Waals surface area contributed by atoms with Gasteiger partial charge in [-0.05, 0) is 37.2 Å². The Morgan fingerprint density at radius 1 is 1.38 bits per heavy atom. The molecule has 0 aromatic heterocycles. The molecule has 0 unspecified atom stereocenters. The van der Waals surface area contributed by atoms with Crippen LogP contribution in [0.2, 0.25) is 0 Å². The Balaban J connectivity index is 2.16. The van der Waals surface area contributed by atoms with E-state index in [-0.39, 0.29) is 0 Å². The second-order valence-corrected chi connectivity index (χ2v) is 3.96. The number of nitrogens with zero attached hydrogens (tertiary/aromatic N) is 1. The lowest BCUT2D eigenvalue weighted by Crippen LogP contribution is -2.15. The van der Waals surface area contributed by atoms with Crippen LogP contribution in [0, 0.1) is 5.92 Å². The molecule has 0 amide bonds. The fraction of sp³-hybridized carbons (Fsp3) is 0.727. The van der Waals surface area contributed by atoms with Gasteiger partial charge in [0.15, 0.2) is 0 Å². The van der Waals surface area contributed by atoms with Crippen LogP contribution in [0.5, 0.6) is 0 Å². The molecule has 0 aromatic rings. The first-order valence-corrected chi connectivity index (χ1v) is 5.35. The number of allylic oxidation sites excluding steroid dienone is 1. The third kappa shape index (κ3) is 1.77. The second-order valence-electron chi connectivity index (χ2n) is 3.96. The van der Waals surface area contributed by atoms with Gasteiger partial charge in [0.1, 0.15) is 5.82 Å². The predicted molar refractivity (Wildman–Crippen MR) is 55.8 cm³/mol. The Hall–Kier alpha value is -0.790. The number of hydrogen-bond acceptors (Lipinski definition) is 2. The monoisotopic (exact) mass is 178 g/mol. The molecule has 1 aliphatic carbocycles. The maximum absolute atomic E-state index is 4.42. The molecule has 2 aliphatic rings. The van der Waals surface area contributed by atoms with Gasteiger partial charge < -0.3 is 5.32 Å². The smallest absolute Gasteiger partial charge is 0.124 e. The maximum atomic E-state index is 4.42. The van der Waals surface area contributed by atoms with Crippen molar-refractivity contribution in [1.29, 1.82) is 0 Å². The molecular weight excluding hydrogens is 160 g/mol. The number of rotatable bonds is 2. The number of nitrogens with one attached hydrogen (secondary N) is 1. The third-order valence-electron chi connectivity index (χ3n) is 3.15. The molecule has 0 saturated heterocycles. The van der Waals surface area contributed by atoms with Crippen molar-refractivity contribution in [3.05, 3.63) is 11.4 Å². The van der Waals surface area contributed by atoms with Crippen molar-refractivity contribution in [3.63, 3.8) is 0 Å². The standard InChI is InChI=1S/C11H18N2/c1-12-11-10(7-4-8-13-11)9-5-2-3-6-9/h8-9,12H,2-7H2,1H3.